The van der Waals surface area contributed by atoms with Crippen molar-refractivity contribution >= 4 is 21.6 Å². The van der Waals surface area contributed by atoms with Gasteiger partial charge in [0.25, 0.3) is 15.9 Å². The summed E-state index contributed by atoms with van der Waals surface area (Å²) < 4.78 is 30.5. The smallest absolute Gasteiger partial charge is 0.275 e. The number of aryl methyl sites for hydroxylation is 3. The number of amides is 1. The third-order valence-corrected chi connectivity index (χ3v) is 5.90. The van der Waals surface area contributed by atoms with Gasteiger partial charge in [-0.15, -0.1) is 0 Å². The largest absolute Gasteiger partial charge is 0.448 e. The molecule has 7 heteroatoms. The minimum atomic E-state index is -3.71. The number of anilines is 1. The van der Waals surface area contributed by atoms with Gasteiger partial charge in [-0.25, -0.2) is 12.7 Å². The summed E-state index contributed by atoms with van der Waals surface area (Å²) in [6, 6.07) is 7.15. The molecule has 0 unspecified atom stereocenters. The van der Waals surface area contributed by atoms with Gasteiger partial charge in [0.1, 0.15) is 5.76 Å². The van der Waals surface area contributed by atoms with Crippen LogP contribution in [0.1, 0.15) is 33.7 Å². The Morgan fingerprint density at radius 3 is 2.58 bits per heavy atom. The van der Waals surface area contributed by atoms with Crippen molar-refractivity contribution in [1.82, 2.24) is 4.31 Å². The molecule has 1 aliphatic rings. The first-order valence-electron chi connectivity index (χ1n) is 7.75. The highest BCUT2D eigenvalue weighted by molar-refractivity contribution is 7.88. The number of carbonyl (C=O) groups is 1. The number of benzene rings is 1. The van der Waals surface area contributed by atoms with Crippen molar-refractivity contribution in [3.63, 3.8) is 0 Å². The van der Waals surface area contributed by atoms with Crippen LogP contribution in [0.25, 0.3) is 0 Å². The zero-order chi connectivity index (χ0) is 17.5. The van der Waals surface area contributed by atoms with Crippen LogP contribution >= 0.6 is 0 Å². The highest BCUT2D eigenvalue weighted by Crippen LogP contribution is 2.26. The second-order valence-electron chi connectivity index (χ2n) is 6.11. The van der Waals surface area contributed by atoms with Gasteiger partial charge in [0.05, 0.1) is 5.56 Å². The molecule has 0 fully saturated rings. The molecule has 1 N–H and O–H groups in total. The molecule has 0 aliphatic heterocycles. The lowest BCUT2D eigenvalue weighted by molar-refractivity contribution is 0.102. The number of nitrogens with one attached hydrogen (secondary N) is 1. The number of furan rings is 1. The summed E-state index contributed by atoms with van der Waals surface area (Å²) in [5.74, 6) is -0.108. The van der Waals surface area contributed by atoms with E-state index in [2.05, 4.69) is 5.32 Å². The van der Waals surface area contributed by atoms with Crippen molar-refractivity contribution in [2.24, 2.45) is 0 Å². The lowest BCUT2D eigenvalue weighted by atomic mass is 10.1. The lowest BCUT2D eigenvalue weighted by Gasteiger charge is -2.07. The SMILES string of the molecule is Cc1oc(S(=O)(=O)N(C)C)cc1C(=O)Nc1ccc2c(c1)CCC2. The molecule has 1 aromatic carbocycles. The van der Waals surface area contributed by atoms with Crippen molar-refractivity contribution in [2.45, 2.75) is 31.3 Å². The Morgan fingerprint density at radius 1 is 1.17 bits per heavy atom. The first kappa shape index (κ1) is 16.7. The summed E-state index contributed by atoms with van der Waals surface area (Å²) >= 11 is 0. The minimum Gasteiger partial charge on any atom is -0.448 e. The molecule has 0 bridgehead atoms. The normalized spacial score (nSPS) is 14.0. The van der Waals surface area contributed by atoms with Crippen LogP contribution in [0.3, 0.4) is 0 Å². The first-order valence-corrected chi connectivity index (χ1v) is 9.19. The van der Waals surface area contributed by atoms with Crippen molar-refractivity contribution in [1.29, 1.82) is 0 Å². The van der Waals surface area contributed by atoms with Crippen LogP contribution in [0.2, 0.25) is 0 Å². The molecule has 1 heterocycles. The Hall–Kier alpha value is -2.12. The second-order valence-corrected chi connectivity index (χ2v) is 8.20. The maximum Gasteiger partial charge on any atom is 0.275 e. The van der Waals surface area contributed by atoms with Crippen molar-refractivity contribution in [3.8, 4) is 0 Å². The van der Waals surface area contributed by atoms with E-state index >= 15 is 0 Å². The summed E-state index contributed by atoms with van der Waals surface area (Å²) in [5, 5.41) is 2.58. The predicted molar refractivity (Wildman–Crippen MR) is 90.7 cm³/mol. The topological polar surface area (TPSA) is 79.6 Å². The van der Waals surface area contributed by atoms with Gasteiger partial charge in [-0.1, -0.05) is 6.07 Å². The minimum absolute atomic E-state index is 0.218. The molecule has 1 amide bonds. The maximum absolute atomic E-state index is 12.5. The van der Waals surface area contributed by atoms with E-state index in [1.165, 1.54) is 31.3 Å². The molecular weight excluding hydrogens is 328 g/mol. The maximum atomic E-state index is 12.5. The molecule has 3 rings (SSSR count). The van der Waals surface area contributed by atoms with Crippen LogP contribution in [0, 0.1) is 6.92 Å². The third kappa shape index (κ3) is 2.97. The number of hydrogen-bond donors (Lipinski definition) is 1. The molecule has 0 radical (unpaired) electrons. The van der Waals surface area contributed by atoms with Gasteiger partial charge >= 0.3 is 0 Å². The fraction of sp³-hybridized carbons (Fsp3) is 0.353. The standard InChI is InChI=1S/C17H20N2O4S/c1-11-15(10-16(23-11)24(21,22)19(2)3)17(20)18-14-8-7-12-5-4-6-13(12)9-14/h7-10H,4-6H2,1-3H3,(H,18,20). The van der Waals surface area contributed by atoms with Crippen molar-refractivity contribution in [2.75, 3.05) is 19.4 Å². The van der Waals surface area contributed by atoms with E-state index in [1.54, 1.807) is 6.92 Å². The number of fused-ring (bicyclic) bond motifs is 1. The Labute approximate surface area is 141 Å². The third-order valence-electron chi connectivity index (χ3n) is 4.23. The average Bonchev–Trinajstić information content (AvgIpc) is 3.13. The van der Waals surface area contributed by atoms with E-state index < -0.39 is 10.0 Å². The van der Waals surface area contributed by atoms with Gasteiger partial charge in [-0.3, -0.25) is 4.79 Å². The monoisotopic (exact) mass is 348 g/mol. The van der Waals surface area contributed by atoms with Gasteiger partial charge < -0.3 is 9.73 Å². The number of hydrogen-bond acceptors (Lipinski definition) is 4. The second kappa shape index (κ2) is 6.07. The Kier molecular flexibility index (Phi) is 4.23. The predicted octanol–water partition coefficient (Wildman–Crippen LogP) is 2.58. The Balaban J connectivity index is 1.84. The number of nitrogens with zero attached hydrogens (tertiary/aromatic N) is 1. The highest BCUT2D eigenvalue weighted by atomic mass is 32.2. The van der Waals surface area contributed by atoms with Crippen molar-refractivity contribution in [3.05, 3.63) is 46.7 Å². The van der Waals surface area contributed by atoms with Crippen LogP contribution in [0.4, 0.5) is 5.69 Å². The number of carbonyl (C=O) groups excluding carboxylic acids is 1. The number of sulfonamides is 1. The molecule has 2 aromatic rings. The fourth-order valence-electron chi connectivity index (χ4n) is 2.84. The molecular formula is C17H20N2O4S. The Bertz CT molecular complexity index is 897. The molecule has 6 nitrogen and oxygen atoms in total. The van der Waals surface area contributed by atoms with Crippen molar-refractivity contribution < 1.29 is 17.6 Å². The van der Waals surface area contributed by atoms with E-state index in [0.29, 0.717) is 5.69 Å². The zero-order valence-electron chi connectivity index (χ0n) is 13.9. The summed E-state index contributed by atoms with van der Waals surface area (Å²) in [7, 11) is -0.878. The molecule has 1 aromatic heterocycles. The first-order chi connectivity index (χ1) is 11.3. The van der Waals surface area contributed by atoms with E-state index in [-0.39, 0.29) is 22.3 Å². The van der Waals surface area contributed by atoms with E-state index in [9.17, 15) is 13.2 Å². The van der Waals surface area contributed by atoms with Crippen LogP contribution in [0.5, 0.6) is 0 Å². The molecule has 0 saturated heterocycles. The quantitative estimate of drug-likeness (QED) is 0.921. The van der Waals surface area contributed by atoms with Gasteiger partial charge in [-0.05, 0) is 49.4 Å². The molecule has 128 valence electrons. The fourth-order valence-corrected chi connectivity index (χ4v) is 3.69. The van der Waals surface area contributed by atoms with Crippen LogP contribution < -0.4 is 5.32 Å². The summed E-state index contributed by atoms with van der Waals surface area (Å²) in [4.78, 5) is 12.5. The van der Waals surface area contributed by atoms with Crippen LogP contribution in [0.15, 0.2) is 33.8 Å². The zero-order valence-corrected chi connectivity index (χ0v) is 14.7. The van der Waals surface area contributed by atoms with E-state index in [1.807, 2.05) is 18.2 Å². The van der Waals surface area contributed by atoms with Gasteiger partial charge in [-0.2, -0.15) is 0 Å². The van der Waals surface area contributed by atoms with Crippen LogP contribution in [-0.4, -0.2) is 32.7 Å². The van der Waals surface area contributed by atoms with Crippen LogP contribution in [-0.2, 0) is 22.9 Å². The molecule has 0 atom stereocenters. The van der Waals surface area contributed by atoms with Gasteiger partial charge in [0.2, 0.25) is 5.09 Å². The van der Waals surface area contributed by atoms with E-state index in [0.717, 1.165) is 23.6 Å². The number of rotatable bonds is 4. The molecule has 0 spiro atoms. The summed E-state index contributed by atoms with van der Waals surface area (Å²) in [6.07, 6.45) is 3.24. The van der Waals surface area contributed by atoms with Gasteiger partial charge in [0, 0.05) is 25.8 Å². The molecule has 24 heavy (non-hydrogen) atoms. The summed E-state index contributed by atoms with van der Waals surface area (Å²) in [6.45, 7) is 1.58. The van der Waals surface area contributed by atoms with Gasteiger partial charge in [0.15, 0.2) is 0 Å². The highest BCUT2D eigenvalue weighted by Gasteiger charge is 2.25. The Morgan fingerprint density at radius 2 is 1.88 bits per heavy atom. The summed E-state index contributed by atoms with van der Waals surface area (Å²) in [5.41, 5.74) is 3.51. The van der Waals surface area contributed by atoms with E-state index in [4.69, 9.17) is 4.42 Å². The molecule has 0 saturated carbocycles. The lowest BCUT2D eigenvalue weighted by Crippen LogP contribution is -2.21. The average molecular weight is 348 g/mol. The molecule has 1 aliphatic carbocycles.